The van der Waals surface area contributed by atoms with Gasteiger partial charge in [-0.1, -0.05) is 18.5 Å². The minimum absolute atomic E-state index is 0.163. The molecule has 0 amide bonds. The highest BCUT2D eigenvalue weighted by molar-refractivity contribution is 6.31. The average molecular weight is 271 g/mol. The first-order valence-corrected chi connectivity index (χ1v) is 6.61. The minimum atomic E-state index is -1.06. The van der Waals surface area contributed by atoms with E-state index >= 15 is 0 Å². The maximum Gasteiger partial charge on any atom is 0.171 e. The van der Waals surface area contributed by atoms with Crippen LogP contribution < -0.4 is 10.5 Å². The van der Waals surface area contributed by atoms with Crippen molar-refractivity contribution in [2.45, 2.75) is 31.8 Å². The second-order valence-electron chi connectivity index (χ2n) is 4.75. The molecule has 0 saturated heterocycles. The van der Waals surface area contributed by atoms with Gasteiger partial charge in [-0.05, 0) is 36.8 Å². The van der Waals surface area contributed by atoms with Crippen molar-refractivity contribution in [1.82, 2.24) is 4.98 Å². The second kappa shape index (κ2) is 5.03. The summed E-state index contributed by atoms with van der Waals surface area (Å²) in [5, 5.41) is 10.9. The van der Waals surface area contributed by atoms with Gasteiger partial charge < -0.3 is 15.6 Å². The summed E-state index contributed by atoms with van der Waals surface area (Å²) in [6.45, 7) is 2.17. The zero-order chi connectivity index (χ0) is 13.3. The molecule has 0 radical (unpaired) electrons. The highest BCUT2D eigenvalue weighted by Crippen LogP contribution is 2.45. The molecule has 1 fully saturated rings. The molecular weight excluding hydrogens is 252 g/mol. The monoisotopic (exact) mass is 270 g/mol. The Kier molecular flexibility index (Phi) is 3.80. The maximum atomic E-state index is 10.7. The van der Waals surface area contributed by atoms with Gasteiger partial charge in [0.2, 0.25) is 0 Å². The number of hydrogen-bond acceptors (Lipinski definition) is 4. The molecule has 0 spiro atoms. The molecule has 1 aliphatic carbocycles. The van der Waals surface area contributed by atoms with E-state index in [0.717, 1.165) is 24.8 Å². The third-order valence-electron chi connectivity index (χ3n) is 3.60. The van der Waals surface area contributed by atoms with E-state index in [1.54, 1.807) is 7.11 Å². The van der Waals surface area contributed by atoms with Gasteiger partial charge in [0, 0.05) is 6.54 Å². The number of ether oxygens (including phenoxy) is 1. The number of methoxy groups -OCH3 is 1. The van der Waals surface area contributed by atoms with E-state index in [9.17, 15) is 5.11 Å². The Balaban J connectivity index is 2.48. The van der Waals surface area contributed by atoms with Crippen LogP contribution in [0.1, 0.15) is 31.0 Å². The summed E-state index contributed by atoms with van der Waals surface area (Å²) in [5.41, 5.74) is 6.18. The van der Waals surface area contributed by atoms with Crippen LogP contribution in [0.4, 0.5) is 0 Å². The summed E-state index contributed by atoms with van der Waals surface area (Å²) in [5.74, 6) is 0.780. The number of hydrogen-bond donors (Lipinski definition) is 2. The van der Waals surface area contributed by atoms with Crippen LogP contribution in [0, 0.1) is 5.92 Å². The fraction of sp³-hybridized carbons (Fsp3) is 0.615. The molecule has 3 N–H and O–H groups in total. The van der Waals surface area contributed by atoms with Gasteiger partial charge in [-0.15, -0.1) is 0 Å². The van der Waals surface area contributed by atoms with E-state index < -0.39 is 5.60 Å². The lowest BCUT2D eigenvalue weighted by atomic mass is 9.92. The van der Waals surface area contributed by atoms with Crippen molar-refractivity contribution in [2.75, 3.05) is 13.7 Å². The quantitative estimate of drug-likeness (QED) is 0.802. The Morgan fingerprint density at radius 1 is 1.61 bits per heavy atom. The van der Waals surface area contributed by atoms with E-state index in [-0.39, 0.29) is 12.5 Å². The first kappa shape index (κ1) is 13.6. The van der Waals surface area contributed by atoms with Crippen LogP contribution in [0.5, 0.6) is 5.75 Å². The molecule has 1 heterocycles. The van der Waals surface area contributed by atoms with Crippen LogP contribution in [0.15, 0.2) is 6.07 Å². The molecule has 100 valence electrons. The number of nitrogens with zero attached hydrogens (tertiary/aromatic N) is 1. The second-order valence-corrected chi connectivity index (χ2v) is 5.10. The van der Waals surface area contributed by atoms with Crippen LogP contribution in [0.2, 0.25) is 5.15 Å². The molecule has 5 heteroatoms. The third kappa shape index (κ3) is 2.20. The molecule has 2 rings (SSSR count). The van der Waals surface area contributed by atoms with Crippen molar-refractivity contribution in [3.8, 4) is 5.75 Å². The predicted molar refractivity (Wildman–Crippen MR) is 70.9 cm³/mol. The average Bonchev–Trinajstić information content (AvgIpc) is 3.21. The smallest absolute Gasteiger partial charge is 0.171 e. The fourth-order valence-electron chi connectivity index (χ4n) is 2.29. The zero-order valence-electron chi connectivity index (χ0n) is 10.7. The summed E-state index contributed by atoms with van der Waals surface area (Å²) >= 11 is 6.11. The first-order chi connectivity index (χ1) is 8.56. The zero-order valence-corrected chi connectivity index (χ0v) is 11.5. The third-order valence-corrected chi connectivity index (χ3v) is 3.86. The van der Waals surface area contributed by atoms with Crippen molar-refractivity contribution in [2.24, 2.45) is 11.7 Å². The van der Waals surface area contributed by atoms with Crippen LogP contribution >= 0.6 is 11.6 Å². The molecule has 1 aromatic heterocycles. The van der Waals surface area contributed by atoms with Crippen molar-refractivity contribution in [1.29, 1.82) is 0 Å². The summed E-state index contributed by atoms with van der Waals surface area (Å²) in [6.07, 6.45) is 2.74. The number of nitrogens with two attached hydrogens (primary N) is 1. The predicted octanol–water partition coefficient (Wildman–Crippen LogP) is 1.86. The van der Waals surface area contributed by atoms with Gasteiger partial charge >= 0.3 is 0 Å². The van der Waals surface area contributed by atoms with Crippen LogP contribution in [0.3, 0.4) is 0 Å². The van der Waals surface area contributed by atoms with Gasteiger partial charge in [-0.25, -0.2) is 4.98 Å². The number of aromatic nitrogens is 1. The minimum Gasteiger partial charge on any atom is -0.493 e. The topological polar surface area (TPSA) is 68.4 Å². The van der Waals surface area contributed by atoms with Crippen LogP contribution in [0.25, 0.3) is 0 Å². The number of aliphatic hydroxyl groups is 1. The molecule has 4 nitrogen and oxygen atoms in total. The Morgan fingerprint density at radius 3 is 2.72 bits per heavy atom. The molecule has 0 aromatic carbocycles. The number of rotatable bonds is 5. The number of pyridine rings is 1. The van der Waals surface area contributed by atoms with Gasteiger partial charge in [-0.2, -0.15) is 0 Å². The van der Waals surface area contributed by atoms with Gasteiger partial charge in [0.1, 0.15) is 5.60 Å². The van der Waals surface area contributed by atoms with Gasteiger partial charge in [-0.3, -0.25) is 0 Å². The molecule has 1 aromatic rings. The Bertz CT molecular complexity index is 449. The van der Waals surface area contributed by atoms with Crippen LogP contribution in [-0.4, -0.2) is 23.7 Å². The number of aryl methyl sites for hydroxylation is 1. The normalized spacial score (nSPS) is 18.5. The highest BCUT2D eigenvalue weighted by atomic mass is 35.5. The van der Waals surface area contributed by atoms with E-state index in [1.807, 2.05) is 13.0 Å². The standard InChI is InChI=1S/C13H19ClN2O2/c1-3-8-6-10(16-12(14)11(8)18-2)13(17,7-15)9-4-5-9/h6,9,17H,3-5,7,15H2,1-2H3. The molecular formula is C13H19ClN2O2. The molecule has 1 aliphatic rings. The van der Waals surface area contributed by atoms with Gasteiger partial charge in [0.25, 0.3) is 0 Å². The van der Waals surface area contributed by atoms with Gasteiger partial charge in [0.15, 0.2) is 10.9 Å². The highest BCUT2D eigenvalue weighted by Gasteiger charge is 2.45. The molecule has 1 unspecified atom stereocenters. The lowest BCUT2D eigenvalue weighted by Gasteiger charge is -2.27. The van der Waals surface area contributed by atoms with Crippen LogP contribution in [-0.2, 0) is 12.0 Å². The Morgan fingerprint density at radius 2 is 2.28 bits per heavy atom. The summed E-state index contributed by atoms with van der Waals surface area (Å²) < 4.78 is 5.24. The fourth-order valence-corrected chi connectivity index (χ4v) is 2.58. The van der Waals surface area contributed by atoms with Crippen molar-refractivity contribution in [3.05, 3.63) is 22.5 Å². The van der Waals surface area contributed by atoms with E-state index in [2.05, 4.69) is 4.98 Å². The summed E-state index contributed by atoms with van der Waals surface area (Å²) in [4.78, 5) is 4.27. The van der Waals surface area contributed by atoms with E-state index in [4.69, 9.17) is 22.1 Å². The molecule has 1 saturated carbocycles. The maximum absolute atomic E-state index is 10.7. The lowest BCUT2D eigenvalue weighted by Crippen LogP contribution is -2.38. The molecule has 0 aliphatic heterocycles. The molecule has 1 atom stereocenters. The van der Waals surface area contributed by atoms with Crippen molar-refractivity contribution in [3.63, 3.8) is 0 Å². The van der Waals surface area contributed by atoms with E-state index in [1.165, 1.54) is 0 Å². The van der Waals surface area contributed by atoms with Gasteiger partial charge in [0.05, 0.1) is 12.8 Å². The first-order valence-electron chi connectivity index (χ1n) is 6.23. The summed E-state index contributed by atoms with van der Waals surface area (Å²) in [7, 11) is 1.57. The summed E-state index contributed by atoms with van der Waals surface area (Å²) in [6, 6.07) is 1.86. The SMILES string of the molecule is CCc1cc(C(O)(CN)C2CC2)nc(Cl)c1OC. The van der Waals surface area contributed by atoms with E-state index in [0.29, 0.717) is 16.6 Å². The Hall–Kier alpha value is -0.840. The largest absolute Gasteiger partial charge is 0.493 e. The van der Waals surface area contributed by atoms with Crippen molar-refractivity contribution < 1.29 is 9.84 Å². The Labute approximate surface area is 112 Å². The lowest BCUT2D eigenvalue weighted by molar-refractivity contribution is 0.0178. The number of halogens is 1. The van der Waals surface area contributed by atoms with Crippen molar-refractivity contribution >= 4 is 11.6 Å². The molecule has 0 bridgehead atoms. The molecule has 18 heavy (non-hydrogen) atoms.